The van der Waals surface area contributed by atoms with Crippen LogP contribution in [-0.4, -0.2) is 22.1 Å². The fourth-order valence-corrected chi connectivity index (χ4v) is 1.01. The van der Waals surface area contributed by atoms with Gasteiger partial charge in [0, 0.05) is 5.69 Å². The molecule has 0 aromatic carbocycles. The molecule has 0 saturated heterocycles. The lowest BCUT2D eigenvalue weighted by atomic mass is 10.1. The summed E-state index contributed by atoms with van der Waals surface area (Å²) >= 11 is 0. The quantitative estimate of drug-likeness (QED) is 0.628. The Morgan fingerprint density at radius 3 is 2.79 bits per heavy atom. The molecule has 1 aromatic rings. The molecule has 0 saturated carbocycles. The number of carboxylic acid groups (broad SMARTS) is 1. The smallest absolute Gasteiger partial charge is 0.320 e. The van der Waals surface area contributed by atoms with Crippen LogP contribution in [0.4, 0.5) is 5.69 Å². The van der Waals surface area contributed by atoms with Gasteiger partial charge in [-0.1, -0.05) is 0 Å². The summed E-state index contributed by atoms with van der Waals surface area (Å²) in [7, 11) is 0. The number of pyridine rings is 1. The third-order valence-corrected chi connectivity index (χ3v) is 1.88. The molecule has 0 bridgehead atoms. The lowest BCUT2D eigenvalue weighted by molar-refractivity contribution is -0.138. The third kappa shape index (κ3) is 3.02. The Balaban J connectivity index is 2.46. The minimum Gasteiger partial charge on any atom is -0.480 e. The summed E-state index contributed by atoms with van der Waals surface area (Å²) in [6.07, 6.45) is 2.47. The molecule has 5 heteroatoms. The lowest BCUT2D eigenvalue weighted by Crippen LogP contribution is -2.30. The molecule has 1 atom stereocenters. The Kier molecular flexibility index (Phi) is 3.41. The topological polar surface area (TPSA) is 102 Å². The van der Waals surface area contributed by atoms with Gasteiger partial charge in [0.1, 0.15) is 6.04 Å². The summed E-state index contributed by atoms with van der Waals surface area (Å²) in [4.78, 5) is 14.4. The van der Waals surface area contributed by atoms with Crippen molar-refractivity contribution in [1.29, 1.82) is 0 Å². The first-order chi connectivity index (χ1) is 6.59. The number of carbonyl (C=O) groups is 1. The van der Waals surface area contributed by atoms with Gasteiger partial charge in [0.15, 0.2) is 0 Å². The van der Waals surface area contributed by atoms with Crippen LogP contribution in [0.3, 0.4) is 0 Å². The van der Waals surface area contributed by atoms with E-state index in [0.29, 0.717) is 18.5 Å². The van der Waals surface area contributed by atoms with Gasteiger partial charge in [-0.05, 0) is 25.0 Å². The van der Waals surface area contributed by atoms with E-state index in [1.165, 1.54) is 0 Å². The van der Waals surface area contributed by atoms with Crippen molar-refractivity contribution in [2.24, 2.45) is 5.73 Å². The summed E-state index contributed by atoms with van der Waals surface area (Å²) in [5, 5.41) is 8.54. The summed E-state index contributed by atoms with van der Waals surface area (Å²) in [6, 6.07) is 2.67. The molecule has 0 radical (unpaired) electrons. The van der Waals surface area contributed by atoms with E-state index in [9.17, 15) is 4.79 Å². The predicted molar refractivity (Wildman–Crippen MR) is 52.6 cm³/mol. The SMILES string of the molecule is Nc1ccc(CCC(N)C(=O)O)nc1. The van der Waals surface area contributed by atoms with Gasteiger partial charge in [-0.2, -0.15) is 0 Å². The largest absolute Gasteiger partial charge is 0.480 e. The molecule has 1 aromatic heterocycles. The van der Waals surface area contributed by atoms with Gasteiger partial charge < -0.3 is 16.6 Å². The van der Waals surface area contributed by atoms with E-state index in [1.54, 1.807) is 18.3 Å². The molecule has 1 rings (SSSR count). The van der Waals surface area contributed by atoms with Gasteiger partial charge in [0.2, 0.25) is 0 Å². The van der Waals surface area contributed by atoms with Crippen molar-refractivity contribution in [2.45, 2.75) is 18.9 Å². The van der Waals surface area contributed by atoms with Crippen molar-refractivity contribution >= 4 is 11.7 Å². The van der Waals surface area contributed by atoms with Crippen LogP contribution in [0.5, 0.6) is 0 Å². The van der Waals surface area contributed by atoms with Gasteiger partial charge in [0.05, 0.1) is 11.9 Å². The second kappa shape index (κ2) is 4.57. The van der Waals surface area contributed by atoms with Crippen molar-refractivity contribution < 1.29 is 9.90 Å². The maximum Gasteiger partial charge on any atom is 0.320 e. The Morgan fingerprint density at radius 2 is 2.29 bits per heavy atom. The van der Waals surface area contributed by atoms with Crippen LogP contribution in [0.1, 0.15) is 12.1 Å². The molecular weight excluding hydrogens is 182 g/mol. The number of carboxylic acids is 1. The highest BCUT2D eigenvalue weighted by atomic mass is 16.4. The van der Waals surface area contributed by atoms with Gasteiger partial charge in [-0.3, -0.25) is 9.78 Å². The fraction of sp³-hybridized carbons (Fsp3) is 0.333. The molecule has 0 aliphatic rings. The Hall–Kier alpha value is -1.62. The van der Waals surface area contributed by atoms with E-state index < -0.39 is 12.0 Å². The molecule has 0 aliphatic carbocycles. The molecule has 5 nitrogen and oxygen atoms in total. The first kappa shape index (κ1) is 10.5. The first-order valence-corrected chi connectivity index (χ1v) is 4.28. The molecule has 76 valence electrons. The van der Waals surface area contributed by atoms with Gasteiger partial charge in [-0.25, -0.2) is 0 Å². The highest BCUT2D eigenvalue weighted by molar-refractivity contribution is 5.73. The number of nitrogens with two attached hydrogens (primary N) is 2. The first-order valence-electron chi connectivity index (χ1n) is 4.28. The summed E-state index contributed by atoms with van der Waals surface area (Å²) in [5.41, 5.74) is 12.2. The van der Waals surface area contributed by atoms with Crippen molar-refractivity contribution in [3.63, 3.8) is 0 Å². The second-order valence-electron chi connectivity index (χ2n) is 3.07. The number of nitrogen functional groups attached to an aromatic ring is 1. The molecule has 1 unspecified atom stereocenters. The van der Waals surface area contributed by atoms with E-state index in [0.717, 1.165) is 5.69 Å². The Labute approximate surface area is 81.7 Å². The van der Waals surface area contributed by atoms with Crippen LogP contribution in [-0.2, 0) is 11.2 Å². The van der Waals surface area contributed by atoms with Crippen LogP contribution in [0, 0.1) is 0 Å². The van der Waals surface area contributed by atoms with Crippen molar-refractivity contribution in [3.8, 4) is 0 Å². The number of aliphatic carboxylic acids is 1. The number of aromatic nitrogens is 1. The number of nitrogens with zero attached hydrogens (tertiary/aromatic N) is 1. The van der Waals surface area contributed by atoms with E-state index >= 15 is 0 Å². The average Bonchev–Trinajstić information content (AvgIpc) is 2.16. The average molecular weight is 195 g/mol. The number of aryl methyl sites for hydroxylation is 1. The van der Waals surface area contributed by atoms with Crippen LogP contribution in [0.15, 0.2) is 18.3 Å². The summed E-state index contributed by atoms with van der Waals surface area (Å²) in [5.74, 6) is -0.986. The lowest BCUT2D eigenvalue weighted by Gasteiger charge is -2.05. The molecule has 5 N–H and O–H groups in total. The Bertz CT molecular complexity index is 310. The zero-order chi connectivity index (χ0) is 10.6. The molecule has 0 spiro atoms. The highest BCUT2D eigenvalue weighted by Gasteiger charge is 2.10. The molecule has 0 amide bonds. The predicted octanol–water partition coefficient (Wildman–Crippen LogP) is 0.00830. The highest BCUT2D eigenvalue weighted by Crippen LogP contribution is 2.04. The number of rotatable bonds is 4. The van der Waals surface area contributed by atoms with Crippen LogP contribution < -0.4 is 11.5 Å². The second-order valence-corrected chi connectivity index (χ2v) is 3.07. The zero-order valence-corrected chi connectivity index (χ0v) is 7.68. The van der Waals surface area contributed by atoms with Gasteiger partial charge in [-0.15, -0.1) is 0 Å². The van der Waals surface area contributed by atoms with Crippen molar-refractivity contribution in [1.82, 2.24) is 4.98 Å². The summed E-state index contributed by atoms with van der Waals surface area (Å²) < 4.78 is 0. The standard InChI is InChI=1S/C9H13N3O2/c10-6-1-2-7(12-5-6)3-4-8(11)9(13)14/h1-2,5,8H,3-4,10-11H2,(H,13,14). The van der Waals surface area contributed by atoms with Crippen molar-refractivity contribution in [3.05, 3.63) is 24.0 Å². The van der Waals surface area contributed by atoms with E-state index in [-0.39, 0.29) is 0 Å². The van der Waals surface area contributed by atoms with Crippen LogP contribution >= 0.6 is 0 Å². The van der Waals surface area contributed by atoms with Gasteiger partial charge >= 0.3 is 5.97 Å². The maximum atomic E-state index is 10.4. The Morgan fingerprint density at radius 1 is 1.57 bits per heavy atom. The van der Waals surface area contributed by atoms with Crippen LogP contribution in [0.25, 0.3) is 0 Å². The van der Waals surface area contributed by atoms with E-state index in [4.69, 9.17) is 16.6 Å². The minimum atomic E-state index is -0.986. The van der Waals surface area contributed by atoms with Gasteiger partial charge in [0.25, 0.3) is 0 Å². The number of anilines is 1. The summed E-state index contributed by atoms with van der Waals surface area (Å²) in [6.45, 7) is 0. The minimum absolute atomic E-state index is 0.381. The van der Waals surface area contributed by atoms with E-state index in [1.807, 2.05) is 0 Å². The maximum absolute atomic E-state index is 10.4. The molecule has 0 fully saturated rings. The normalized spacial score (nSPS) is 12.4. The van der Waals surface area contributed by atoms with Crippen molar-refractivity contribution in [2.75, 3.05) is 5.73 Å². The molecule has 1 heterocycles. The van der Waals surface area contributed by atoms with Crippen LogP contribution in [0.2, 0.25) is 0 Å². The number of hydrogen-bond acceptors (Lipinski definition) is 4. The zero-order valence-electron chi connectivity index (χ0n) is 7.68. The number of hydrogen-bond donors (Lipinski definition) is 3. The molecule has 14 heavy (non-hydrogen) atoms. The third-order valence-electron chi connectivity index (χ3n) is 1.88. The monoisotopic (exact) mass is 195 g/mol. The van der Waals surface area contributed by atoms with E-state index in [2.05, 4.69) is 4.98 Å². The molecular formula is C9H13N3O2. The molecule has 0 aliphatic heterocycles. The fourth-order valence-electron chi connectivity index (χ4n) is 1.01.